The Bertz CT molecular complexity index is 582. The van der Waals surface area contributed by atoms with E-state index in [1.165, 1.54) is 35.5 Å². The second kappa shape index (κ2) is 4.61. The number of fused-ring (bicyclic) bond motifs is 1. The SMILES string of the molecule is O=C(c1cncc(F)c1)c1cc2c(s1)CCCC2. The van der Waals surface area contributed by atoms with Crippen molar-refractivity contribution in [1.82, 2.24) is 4.98 Å². The molecule has 3 rings (SSSR count). The van der Waals surface area contributed by atoms with Crippen LogP contribution < -0.4 is 0 Å². The fraction of sp³-hybridized carbons (Fsp3) is 0.286. The first-order valence-electron chi connectivity index (χ1n) is 6.01. The Morgan fingerprint density at radius 3 is 2.83 bits per heavy atom. The van der Waals surface area contributed by atoms with E-state index in [1.807, 2.05) is 6.07 Å². The fourth-order valence-corrected chi connectivity index (χ4v) is 3.50. The molecule has 2 aromatic heterocycles. The minimum atomic E-state index is -0.470. The van der Waals surface area contributed by atoms with Crippen molar-refractivity contribution in [2.24, 2.45) is 0 Å². The van der Waals surface area contributed by atoms with E-state index in [2.05, 4.69) is 4.98 Å². The number of thiophene rings is 1. The molecule has 0 fully saturated rings. The normalized spacial score (nSPS) is 14.3. The minimum absolute atomic E-state index is 0.124. The number of carbonyl (C=O) groups is 1. The third-order valence-electron chi connectivity index (χ3n) is 3.19. The Kier molecular flexibility index (Phi) is 2.96. The second-order valence-electron chi connectivity index (χ2n) is 4.49. The topological polar surface area (TPSA) is 30.0 Å². The highest BCUT2D eigenvalue weighted by molar-refractivity contribution is 7.14. The van der Waals surface area contributed by atoms with E-state index < -0.39 is 5.82 Å². The molecule has 1 aliphatic rings. The number of rotatable bonds is 2. The average Bonchev–Trinajstić information content (AvgIpc) is 2.81. The molecule has 2 nitrogen and oxygen atoms in total. The van der Waals surface area contributed by atoms with Crippen LogP contribution in [0.15, 0.2) is 24.5 Å². The van der Waals surface area contributed by atoms with E-state index in [0.717, 1.165) is 19.0 Å². The van der Waals surface area contributed by atoms with Crippen LogP contribution in [0.3, 0.4) is 0 Å². The molecule has 4 heteroatoms. The summed E-state index contributed by atoms with van der Waals surface area (Å²) in [4.78, 5) is 18.0. The van der Waals surface area contributed by atoms with Crippen LogP contribution in [0.1, 0.15) is 38.5 Å². The number of hydrogen-bond acceptors (Lipinski definition) is 3. The Hall–Kier alpha value is -1.55. The summed E-state index contributed by atoms with van der Waals surface area (Å²) < 4.78 is 13.1. The van der Waals surface area contributed by atoms with E-state index in [-0.39, 0.29) is 5.78 Å². The number of nitrogens with zero attached hydrogens (tertiary/aromatic N) is 1. The number of aryl methyl sites for hydroxylation is 2. The van der Waals surface area contributed by atoms with Crippen molar-refractivity contribution < 1.29 is 9.18 Å². The molecule has 2 aromatic rings. The largest absolute Gasteiger partial charge is 0.288 e. The van der Waals surface area contributed by atoms with E-state index in [1.54, 1.807) is 11.3 Å². The molecule has 0 spiro atoms. The van der Waals surface area contributed by atoms with Crippen LogP contribution in [0, 0.1) is 5.82 Å². The highest BCUT2D eigenvalue weighted by Gasteiger charge is 2.18. The molecule has 0 unspecified atom stereocenters. The van der Waals surface area contributed by atoms with Gasteiger partial charge >= 0.3 is 0 Å². The van der Waals surface area contributed by atoms with Gasteiger partial charge < -0.3 is 0 Å². The molecule has 0 bridgehead atoms. The zero-order chi connectivity index (χ0) is 12.5. The molecule has 0 saturated carbocycles. The number of hydrogen-bond donors (Lipinski definition) is 0. The van der Waals surface area contributed by atoms with Gasteiger partial charge in [-0.1, -0.05) is 0 Å². The van der Waals surface area contributed by atoms with Crippen molar-refractivity contribution in [2.75, 3.05) is 0 Å². The van der Waals surface area contributed by atoms with Crippen LogP contribution in [-0.2, 0) is 12.8 Å². The Morgan fingerprint density at radius 2 is 2.06 bits per heavy atom. The lowest BCUT2D eigenvalue weighted by Crippen LogP contribution is -2.00. The minimum Gasteiger partial charge on any atom is -0.288 e. The first kappa shape index (κ1) is 11.5. The standard InChI is InChI=1S/C14H12FNOS/c15-11-5-10(7-16-8-11)14(17)13-6-9-3-1-2-4-12(9)18-13/h5-8H,1-4H2. The van der Waals surface area contributed by atoms with Crippen molar-refractivity contribution in [3.63, 3.8) is 0 Å². The van der Waals surface area contributed by atoms with E-state index in [9.17, 15) is 9.18 Å². The van der Waals surface area contributed by atoms with Crippen LogP contribution in [-0.4, -0.2) is 10.8 Å². The predicted octanol–water partition coefficient (Wildman–Crippen LogP) is 3.39. The maximum absolute atomic E-state index is 13.1. The molecule has 18 heavy (non-hydrogen) atoms. The lowest BCUT2D eigenvalue weighted by Gasteiger charge is -2.08. The van der Waals surface area contributed by atoms with Gasteiger partial charge in [0.1, 0.15) is 5.82 Å². The van der Waals surface area contributed by atoms with Crippen molar-refractivity contribution in [3.05, 3.63) is 51.2 Å². The van der Waals surface area contributed by atoms with E-state index in [4.69, 9.17) is 0 Å². The molecule has 0 amide bonds. The first-order valence-corrected chi connectivity index (χ1v) is 6.82. The lowest BCUT2D eigenvalue weighted by molar-refractivity contribution is 0.104. The monoisotopic (exact) mass is 261 g/mol. The van der Waals surface area contributed by atoms with Crippen molar-refractivity contribution in [2.45, 2.75) is 25.7 Å². The fourth-order valence-electron chi connectivity index (χ4n) is 2.28. The van der Waals surface area contributed by atoms with Crippen LogP contribution in [0.25, 0.3) is 0 Å². The average molecular weight is 261 g/mol. The van der Waals surface area contributed by atoms with Crippen molar-refractivity contribution in [3.8, 4) is 0 Å². The summed E-state index contributed by atoms with van der Waals surface area (Å²) in [7, 11) is 0. The Morgan fingerprint density at radius 1 is 1.22 bits per heavy atom. The zero-order valence-corrected chi connectivity index (χ0v) is 10.6. The quantitative estimate of drug-likeness (QED) is 0.776. The summed E-state index contributed by atoms with van der Waals surface area (Å²) in [5.41, 5.74) is 1.62. The number of carbonyl (C=O) groups excluding carboxylic acids is 1. The van der Waals surface area contributed by atoms with Gasteiger partial charge in [-0.15, -0.1) is 11.3 Å². The van der Waals surface area contributed by atoms with Crippen LogP contribution in [0.4, 0.5) is 4.39 Å². The summed E-state index contributed by atoms with van der Waals surface area (Å²) in [6.45, 7) is 0. The van der Waals surface area contributed by atoms with Gasteiger partial charge in [0.15, 0.2) is 0 Å². The van der Waals surface area contributed by atoms with Gasteiger partial charge in [-0.05, 0) is 43.4 Å². The second-order valence-corrected chi connectivity index (χ2v) is 5.62. The summed E-state index contributed by atoms with van der Waals surface area (Å²) in [6.07, 6.45) is 7.04. The molecule has 0 radical (unpaired) electrons. The molecule has 2 heterocycles. The zero-order valence-electron chi connectivity index (χ0n) is 9.78. The van der Waals surface area contributed by atoms with Crippen molar-refractivity contribution in [1.29, 1.82) is 0 Å². The van der Waals surface area contributed by atoms with Crippen LogP contribution >= 0.6 is 11.3 Å². The molecule has 92 valence electrons. The van der Waals surface area contributed by atoms with Crippen molar-refractivity contribution >= 4 is 17.1 Å². The van der Waals surface area contributed by atoms with Crippen LogP contribution in [0.5, 0.6) is 0 Å². The van der Waals surface area contributed by atoms with E-state index in [0.29, 0.717) is 10.4 Å². The first-order chi connectivity index (χ1) is 8.74. The summed E-state index contributed by atoms with van der Waals surface area (Å²) in [5, 5.41) is 0. The number of ketones is 1. The molecular formula is C14H12FNOS. The summed E-state index contributed by atoms with van der Waals surface area (Å²) in [5.74, 6) is -0.594. The molecular weight excluding hydrogens is 249 g/mol. The highest BCUT2D eigenvalue weighted by atomic mass is 32.1. The third-order valence-corrected chi connectivity index (χ3v) is 4.42. The van der Waals surface area contributed by atoms with Gasteiger partial charge in [0.2, 0.25) is 5.78 Å². The van der Waals surface area contributed by atoms with Gasteiger partial charge in [0.05, 0.1) is 11.1 Å². The van der Waals surface area contributed by atoms with Gasteiger partial charge in [-0.3, -0.25) is 9.78 Å². The number of aromatic nitrogens is 1. The van der Waals surface area contributed by atoms with Gasteiger partial charge in [-0.2, -0.15) is 0 Å². The predicted molar refractivity (Wildman–Crippen MR) is 68.6 cm³/mol. The number of pyridine rings is 1. The maximum Gasteiger partial charge on any atom is 0.204 e. The summed E-state index contributed by atoms with van der Waals surface area (Å²) >= 11 is 1.54. The molecule has 0 atom stereocenters. The molecule has 0 aromatic carbocycles. The number of halogens is 1. The van der Waals surface area contributed by atoms with Gasteiger partial charge in [0.25, 0.3) is 0 Å². The maximum atomic E-state index is 13.1. The smallest absolute Gasteiger partial charge is 0.204 e. The molecule has 0 aliphatic heterocycles. The van der Waals surface area contributed by atoms with E-state index >= 15 is 0 Å². The lowest BCUT2D eigenvalue weighted by atomic mass is 9.99. The molecule has 0 saturated heterocycles. The third kappa shape index (κ3) is 2.08. The molecule has 1 aliphatic carbocycles. The van der Waals surface area contributed by atoms with Gasteiger partial charge in [-0.25, -0.2) is 4.39 Å². The van der Waals surface area contributed by atoms with Crippen LogP contribution in [0.2, 0.25) is 0 Å². The van der Waals surface area contributed by atoms with Gasteiger partial charge in [0, 0.05) is 16.6 Å². The highest BCUT2D eigenvalue weighted by Crippen LogP contribution is 2.30. The Labute approximate surface area is 108 Å². The Balaban J connectivity index is 1.95. The molecule has 0 N–H and O–H groups in total. The summed E-state index contributed by atoms with van der Waals surface area (Å²) in [6, 6.07) is 3.21.